The summed E-state index contributed by atoms with van der Waals surface area (Å²) in [5.74, 6) is 0.856. The number of nitrogens with one attached hydrogen (secondary N) is 1. The SMILES string of the molecule is O=S(=O)(c1ccccc1Cl)N1CCC(NCC2CC2)CC1. The van der Waals surface area contributed by atoms with Gasteiger partial charge in [0.25, 0.3) is 0 Å². The van der Waals surface area contributed by atoms with E-state index in [2.05, 4.69) is 5.32 Å². The number of sulfonamides is 1. The first kappa shape index (κ1) is 15.3. The van der Waals surface area contributed by atoms with Gasteiger partial charge < -0.3 is 5.32 Å². The van der Waals surface area contributed by atoms with E-state index in [4.69, 9.17) is 11.6 Å². The fraction of sp³-hybridized carbons (Fsp3) is 0.600. The van der Waals surface area contributed by atoms with E-state index in [0.717, 1.165) is 25.3 Å². The summed E-state index contributed by atoms with van der Waals surface area (Å²) in [6, 6.07) is 7.11. The second kappa shape index (κ2) is 6.24. The van der Waals surface area contributed by atoms with Gasteiger partial charge in [0.15, 0.2) is 0 Å². The lowest BCUT2D eigenvalue weighted by Gasteiger charge is -2.32. The molecular formula is C15H21ClN2O2S. The maximum Gasteiger partial charge on any atom is 0.244 e. The Labute approximate surface area is 131 Å². The Morgan fingerprint density at radius 1 is 1.14 bits per heavy atom. The van der Waals surface area contributed by atoms with Crippen LogP contribution in [-0.4, -0.2) is 38.4 Å². The van der Waals surface area contributed by atoms with Crippen molar-refractivity contribution in [3.8, 4) is 0 Å². The molecule has 4 nitrogen and oxygen atoms in total. The Kier molecular flexibility index (Phi) is 4.54. The lowest BCUT2D eigenvalue weighted by Crippen LogP contribution is -2.45. The first-order chi connectivity index (χ1) is 10.1. The molecule has 6 heteroatoms. The van der Waals surface area contributed by atoms with Crippen molar-refractivity contribution in [2.45, 2.75) is 36.6 Å². The minimum atomic E-state index is -3.46. The summed E-state index contributed by atoms with van der Waals surface area (Å²) in [4.78, 5) is 0.219. The highest BCUT2D eigenvalue weighted by Gasteiger charge is 2.31. The Morgan fingerprint density at radius 3 is 2.43 bits per heavy atom. The summed E-state index contributed by atoms with van der Waals surface area (Å²) in [7, 11) is -3.46. The summed E-state index contributed by atoms with van der Waals surface area (Å²) in [5.41, 5.74) is 0. The molecule has 21 heavy (non-hydrogen) atoms. The second-order valence-corrected chi connectivity index (χ2v) is 8.27. The van der Waals surface area contributed by atoms with Gasteiger partial charge in [0.2, 0.25) is 10.0 Å². The highest BCUT2D eigenvalue weighted by Crippen LogP contribution is 2.29. The largest absolute Gasteiger partial charge is 0.314 e. The van der Waals surface area contributed by atoms with Gasteiger partial charge in [-0.3, -0.25) is 0 Å². The maximum atomic E-state index is 12.6. The molecule has 1 aliphatic carbocycles. The van der Waals surface area contributed by atoms with Crippen molar-refractivity contribution in [1.82, 2.24) is 9.62 Å². The van der Waals surface area contributed by atoms with Crippen molar-refractivity contribution in [2.75, 3.05) is 19.6 Å². The van der Waals surface area contributed by atoms with Crippen molar-refractivity contribution < 1.29 is 8.42 Å². The molecule has 3 rings (SSSR count). The number of hydrogen-bond acceptors (Lipinski definition) is 3. The highest BCUT2D eigenvalue weighted by atomic mass is 35.5. The van der Waals surface area contributed by atoms with Gasteiger partial charge in [0.1, 0.15) is 4.90 Å². The minimum absolute atomic E-state index is 0.219. The van der Waals surface area contributed by atoms with Gasteiger partial charge in [-0.25, -0.2) is 8.42 Å². The molecule has 116 valence electrons. The van der Waals surface area contributed by atoms with Crippen molar-refractivity contribution in [1.29, 1.82) is 0 Å². The van der Waals surface area contributed by atoms with Crippen LogP contribution in [0.5, 0.6) is 0 Å². The van der Waals surface area contributed by atoms with E-state index in [0.29, 0.717) is 24.2 Å². The van der Waals surface area contributed by atoms with Crippen LogP contribution in [0, 0.1) is 5.92 Å². The summed E-state index contributed by atoms with van der Waals surface area (Å²) in [5, 5.41) is 3.86. The molecular weight excluding hydrogens is 308 g/mol. The Bertz CT molecular complexity index is 593. The topological polar surface area (TPSA) is 49.4 Å². The molecule has 1 aliphatic heterocycles. The molecule has 1 N–H and O–H groups in total. The number of nitrogens with zero attached hydrogens (tertiary/aromatic N) is 1. The van der Waals surface area contributed by atoms with Crippen LogP contribution in [0.15, 0.2) is 29.2 Å². The average molecular weight is 329 g/mol. The maximum absolute atomic E-state index is 12.6. The zero-order valence-electron chi connectivity index (χ0n) is 12.0. The van der Waals surface area contributed by atoms with Crippen LogP contribution in [0.1, 0.15) is 25.7 Å². The van der Waals surface area contributed by atoms with Crippen LogP contribution in [0.25, 0.3) is 0 Å². The number of halogens is 1. The molecule has 0 unspecified atom stereocenters. The second-order valence-electron chi connectivity index (χ2n) is 5.96. The van der Waals surface area contributed by atoms with Crippen molar-refractivity contribution in [2.24, 2.45) is 5.92 Å². The van der Waals surface area contributed by atoms with Crippen LogP contribution in [0.4, 0.5) is 0 Å². The van der Waals surface area contributed by atoms with Crippen LogP contribution >= 0.6 is 11.6 Å². The number of benzene rings is 1. The average Bonchev–Trinajstić information content (AvgIpc) is 3.30. The fourth-order valence-electron chi connectivity index (χ4n) is 2.75. The molecule has 2 aliphatic rings. The van der Waals surface area contributed by atoms with Crippen LogP contribution < -0.4 is 5.32 Å². The van der Waals surface area contributed by atoms with E-state index in [1.165, 1.54) is 12.8 Å². The highest BCUT2D eigenvalue weighted by molar-refractivity contribution is 7.89. The van der Waals surface area contributed by atoms with Crippen LogP contribution in [-0.2, 0) is 10.0 Å². The fourth-order valence-corrected chi connectivity index (χ4v) is 4.71. The molecule has 1 heterocycles. The predicted molar refractivity (Wildman–Crippen MR) is 84.0 cm³/mol. The standard InChI is InChI=1S/C15H21ClN2O2S/c16-14-3-1-2-4-15(14)21(19,20)18-9-7-13(8-10-18)17-11-12-5-6-12/h1-4,12-13,17H,5-11H2. The van der Waals surface area contributed by atoms with Crippen molar-refractivity contribution in [3.63, 3.8) is 0 Å². The van der Waals surface area contributed by atoms with E-state index < -0.39 is 10.0 Å². The summed E-state index contributed by atoms with van der Waals surface area (Å²) < 4.78 is 26.8. The van der Waals surface area contributed by atoms with Crippen LogP contribution in [0.2, 0.25) is 5.02 Å². The zero-order valence-corrected chi connectivity index (χ0v) is 13.5. The molecule has 0 amide bonds. The van der Waals surface area contributed by atoms with Crippen LogP contribution in [0.3, 0.4) is 0 Å². The molecule has 2 fully saturated rings. The molecule has 0 atom stereocenters. The van der Waals surface area contributed by atoms with Gasteiger partial charge >= 0.3 is 0 Å². The zero-order chi connectivity index (χ0) is 14.9. The first-order valence-corrected chi connectivity index (χ1v) is 9.37. The van der Waals surface area contributed by atoms with Gasteiger partial charge in [-0.2, -0.15) is 4.31 Å². The Morgan fingerprint density at radius 2 is 1.81 bits per heavy atom. The Balaban J connectivity index is 1.61. The molecule has 0 aromatic heterocycles. The van der Waals surface area contributed by atoms with Crippen molar-refractivity contribution in [3.05, 3.63) is 29.3 Å². The summed E-state index contributed by atoms with van der Waals surface area (Å²) in [6.07, 6.45) is 4.42. The third-order valence-electron chi connectivity index (χ3n) is 4.30. The lowest BCUT2D eigenvalue weighted by molar-refractivity contribution is 0.288. The molecule has 1 saturated carbocycles. The summed E-state index contributed by atoms with van der Waals surface area (Å²) >= 11 is 6.03. The van der Waals surface area contributed by atoms with E-state index in [1.807, 2.05) is 0 Å². The Hall–Kier alpha value is -0.620. The number of piperidine rings is 1. The van der Waals surface area contributed by atoms with Gasteiger partial charge in [-0.15, -0.1) is 0 Å². The van der Waals surface area contributed by atoms with E-state index in [-0.39, 0.29) is 4.90 Å². The molecule has 1 aromatic rings. The quantitative estimate of drug-likeness (QED) is 0.903. The number of rotatable bonds is 5. The molecule has 1 aromatic carbocycles. The molecule has 0 spiro atoms. The predicted octanol–water partition coefficient (Wildman–Crippen LogP) is 2.49. The summed E-state index contributed by atoms with van der Waals surface area (Å²) in [6.45, 7) is 2.22. The normalized spacial score (nSPS) is 21.6. The van der Waals surface area contributed by atoms with E-state index in [1.54, 1.807) is 28.6 Å². The van der Waals surface area contributed by atoms with Crippen molar-refractivity contribution >= 4 is 21.6 Å². The third kappa shape index (κ3) is 3.59. The first-order valence-electron chi connectivity index (χ1n) is 7.55. The van der Waals surface area contributed by atoms with Gasteiger partial charge in [0, 0.05) is 19.1 Å². The molecule has 0 bridgehead atoms. The third-order valence-corrected chi connectivity index (χ3v) is 6.70. The van der Waals surface area contributed by atoms with E-state index in [9.17, 15) is 8.42 Å². The van der Waals surface area contributed by atoms with Gasteiger partial charge in [-0.1, -0.05) is 23.7 Å². The number of hydrogen-bond donors (Lipinski definition) is 1. The van der Waals surface area contributed by atoms with E-state index >= 15 is 0 Å². The molecule has 0 radical (unpaired) electrons. The van der Waals surface area contributed by atoms with Gasteiger partial charge in [-0.05, 0) is 50.3 Å². The van der Waals surface area contributed by atoms with Gasteiger partial charge in [0.05, 0.1) is 5.02 Å². The minimum Gasteiger partial charge on any atom is -0.314 e. The molecule has 1 saturated heterocycles. The monoisotopic (exact) mass is 328 g/mol. The lowest BCUT2D eigenvalue weighted by atomic mass is 10.1. The smallest absolute Gasteiger partial charge is 0.244 e.